The number of nitrogens with zero attached hydrogens (tertiary/aromatic N) is 3. The Morgan fingerprint density at radius 2 is 1.88 bits per heavy atom. The number of amides is 1. The summed E-state index contributed by atoms with van der Waals surface area (Å²) >= 11 is -0.957. The monoisotopic (exact) mass is 232 g/mol. The van der Waals surface area contributed by atoms with Gasteiger partial charge in [0, 0.05) is 4.90 Å². The highest BCUT2D eigenvalue weighted by atomic mass is 32.2. The fourth-order valence-electron chi connectivity index (χ4n) is 1.59. The molecule has 1 amide bonds. The van der Waals surface area contributed by atoms with E-state index in [2.05, 4.69) is 19.7 Å². The molecule has 0 radical (unpaired) electrons. The quantitative estimate of drug-likeness (QED) is 0.718. The molecule has 2 aromatic rings. The number of aromatic nitrogens is 3. The molecule has 0 bridgehead atoms. The van der Waals surface area contributed by atoms with Crippen molar-refractivity contribution < 1.29 is 4.79 Å². The average molecular weight is 232 g/mol. The minimum Gasteiger partial charge on any atom is -0.306 e. The predicted octanol–water partition coefficient (Wildman–Crippen LogP) is 0.949. The minimum absolute atomic E-state index is 0.0536. The van der Waals surface area contributed by atoms with E-state index in [1.54, 1.807) is 0 Å². The molecule has 1 atom stereocenters. The van der Waals surface area contributed by atoms with Gasteiger partial charge >= 0.3 is 0 Å². The topological polar surface area (TPSA) is 67.8 Å². The second-order valence-corrected chi connectivity index (χ2v) is 5.01. The summed E-state index contributed by atoms with van der Waals surface area (Å²) in [5.41, 5.74) is 0.717. The van der Waals surface area contributed by atoms with Gasteiger partial charge in [-0.05, 0) is 12.1 Å². The van der Waals surface area contributed by atoms with Crippen molar-refractivity contribution in [1.29, 1.82) is 0 Å². The lowest BCUT2D eigenvalue weighted by Crippen LogP contribution is -2.12. The summed E-state index contributed by atoms with van der Waals surface area (Å²) in [6.07, 6.45) is 2.88. The lowest BCUT2D eigenvalue weighted by atomic mass is 10.2. The summed E-state index contributed by atoms with van der Waals surface area (Å²) < 4.78 is 2.91. The first-order valence-electron chi connectivity index (χ1n) is 4.68. The first kappa shape index (κ1) is 9.29. The van der Waals surface area contributed by atoms with Gasteiger partial charge < -0.3 is 4.72 Å². The third-order valence-electron chi connectivity index (χ3n) is 2.28. The largest absolute Gasteiger partial charge is 0.306 e. The molecule has 0 saturated heterocycles. The van der Waals surface area contributed by atoms with Crippen LogP contribution in [0.3, 0.4) is 0 Å². The molecule has 0 spiro atoms. The molecule has 1 aliphatic rings. The van der Waals surface area contributed by atoms with Gasteiger partial charge in [-0.2, -0.15) is 0 Å². The van der Waals surface area contributed by atoms with E-state index in [-0.39, 0.29) is 5.91 Å². The summed E-state index contributed by atoms with van der Waals surface area (Å²) in [5.74, 6) is -0.0536. The van der Waals surface area contributed by atoms with E-state index in [4.69, 9.17) is 0 Å². The van der Waals surface area contributed by atoms with E-state index >= 15 is 0 Å². The van der Waals surface area contributed by atoms with Crippen LogP contribution in [0.4, 0.5) is 0 Å². The van der Waals surface area contributed by atoms with Crippen molar-refractivity contribution in [2.45, 2.75) is 10.1 Å². The zero-order valence-corrected chi connectivity index (χ0v) is 9.06. The summed E-state index contributed by atoms with van der Waals surface area (Å²) in [6.45, 7) is 0. The Hall–Kier alpha value is -1.95. The van der Waals surface area contributed by atoms with Crippen LogP contribution in [0, 0.1) is 0 Å². The molecule has 0 saturated carbocycles. The van der Waals surface area contributed by atoms with Crippen LogP contribution >= 0.6 is 11.1 Å². The summed E-state index contributed by atoms with van der Waals surface area (Å²) in [7, 11) is 0. The van der Waals surface area contributed by atoms with Gasteiger partial charge in [0.05, 0.1) is 5.56 Å². The maximum Gasteiger partial charge on any atom is 0.261 e. The van der Waals surface area contributed by atoms with Crippen LogP contribution in [0.1, 0.15) is 10.4 Å². The lowest BCUT2D eigenvalue weighted by molar-refractivity contribution is 0.0986. The molecule has 1 aromatic heterocycles. The van der Waals surface area contributed by atoms with E-state index in [9.17, 15) is 4.79 Å². The molecular formula is C10H8N4OS. The number of carbonyl (C=O) groups excluding carboxylic acids is 1. The van der Waals surface area contributed by atoms with Crippen LogP contribution in [0.25, 0.3) is 0 Å². The molecule has 16 heavy (non-hydrogen) atoms. The molecule has 1 aromatic carbocycles. The smallest absolute Gasteiger partial charge is 0.261 e. The highest BCUT2D eigenvalue weighted by molar-refractivity contribution is 8.16. The highest BCUT2D eigenvalue weighted by Crippen LogP contribution is 2.44. The predicted molar refractivity (Wildman–Crippen MR) is 59.3 cm³/mol. The van der Waals surface area contributed by atoms with Crippen LogP contribution in [0.5, 0.6) is 0 Å². The molecule has 1 aliphatic heterocycles. The molecule has 2 heterocycles. The van der Waals surface area contributed by atoms with E-state index in [1.807, 2.05) is 24.3 Å². The molecule has 0 aliphatic carbocycles. The van der Waals surface area contributed by atoms with Gasteiger partial charge in [-0.3, -0.25) is 4.79 Å². The second-order valence-electron chi connectivity index (χ2n) is 3.23. The van der Waals surface area contributed by atoms with Crippen molar-refractivity contribution in [2.75, 3.05) is 0 Å². The Balaban J connectivity index is 2.11. The Bertz CT molecular complexity index is 546. The number of hydrogen-bond acceptors (Lipinski definition) is 4. The zero-order valence-electron chi connectivity index (χ0n) is 8.16. The Morgan fingerprint density at radius 1 is 1.12 bits per heavy atom. The number of thiol groups is 1. The van der Waals surface area contributed by atoms with Crippen LogP contribution < -0.4 is 4.72 Å². The maximum atomic E-state index is 11.7. The van der Waals surface area contributed by atoms with Crippen molar-refractivity contribution >= 4 is 17.0 Å². The third kappa shape index (κ3) is 1.35. The van der Waals surface area contributed by atoms with E-state index in [0.717, 1.165) is 4.90 Å². The van der Waals surface area contributed by atoms with Crippen molar-refractivity contribution in [2.24, 2.45) is 0 Å². The molecule has 1 N–H and O–H groups in total. The molecule has 80 valence electrons. The first-order valence-corrected chi connectivity index (χ1v) is 6.02. The van der Waals surface area contributed by atoms with Gasteiger partial charge in [-0.1, -0.05) is 23.2 Å². The van der Waals surface area contributed by atoms with Crippen molar-refractivity contribution in [3.05, 3.63) is 42.5 Å². The number of fused-ring (bicyclic) bond motifs is 1. The van der Waals surface area contributed by atoms with Gasteiger partial charge in [0.25, 0.3) is 5.91 Å². The molecule has 5 nitrogen and oxygen atoms in total. The minimum atomic E-state index is -0.957. The normalized spacial score (nSPS) is 20.2. The standard InChI is InChI=1S/C10H8N4OS/c15-9-7-3-1-2-4-8(7)16(14-9)10-12-5-11-6-13-10/h1-6,16H,(H,14,15). The van der Waals surface area contributed by atoms with Crippen molar-refractivity contribution in [3.8, 4) is 0 Å². The Labute approximate surface area is 94.4 Å². The van der Waals surface area contributed by atoms with Crippen molar-refractivity contribution in [1.82, 2.24) is 19.7 Å². The third-order valence-corrected chi connectivity index (χ3v) is 4.21. The van der Waals surface area contributed by atoms with E-state index in [1.165, 1.54) is 12.7 Å². The van der Waals surface area contributed by atoms with Gasteiger partial charge in [0.2, 0.25) is 0 Å². The molecule has 6 heteroatoms. The zero-order chi connectivity index (χ0) is 11.0. The summed E-state index contributed by atoms with van der Waals surface area (Å²) in [6, 6.07) is 7.51. The van der Waals surface area contributed by atoms with Crippen LogP contribution in [0.2, 0.25) is 0 Å². The fourth-order valence-corrected chi connectivity index (χ4v) is 3.33. The number of nitrogens with one attached hydrogen (secondary N) is 1. The van der Waals surface area contributed by atoms with E-state index in [0.29, 0.717) is 10.7 Å². The van der Waals surface area contributed by atoms with Gasteiger partial charge in [-0.25, -0.2) is 15.0 Å². The molecule has 1 unspecified atom stereocenters. The summed E-state index contributed by atoms with van der Waals surface area (Å²) in [4.78, 5) is 24.6. The number of rotatable bonds is 1. The molecular weight excluding hydrogens is 224 g/mol. The van der Waals surface area contributed by atoms with Crippen molar-refractivity contribution in [3.63, 3.8) is 0 Å². The highest BCUT2D eigenvalue weighted by Gasteiger charge is 2.27. The second kappa shape index (κ2) is 3.57. The van der Waals surface area contributed by atoms with Gasteiger partial charge in [0.15, 0.2) is 5.16 Å². The van der Waals surface area contributed by atoms with Gasteiger partial charge in [0.1, 0.15) is 12.7 Å². The Kier molecular flexibility index (Phi) is 2.07. The average Bonchev–Trinajstić information content (AvgIpc) is 2.69. The molecule has 0 fully saturated rings. The van der Waals surface area contributed by atoms with Crippen LogP contribution in [-0.4, -0.2) is 20.9 Å². The number of benzene rings is 1. The SMILES string of the molecule is O=C1N[SH](c2ncncn2)c2ccccc21. The van der Waals surface area contributed by atoms with Crippen LogP contribution in [0.15, 0.2) is 47.0 Å². The Morgan fingerprint density at radius 3 is 2.69 bits per heavy atom. The number of carbonyl (C=O) groups is 1. The fraction of sp³-hybridized carbons (Fsp3) is 0. The summed E-state index contributed by atoms with van der Waals surface area (Å²) in [5, 5.41) is 0.628. The van der Waals surface area contributed by atoms with E-state index < -0.39 is 11.1 Å². The lowest BCUT2D eigenvalue weighted by Gasteiger charge is -2.13. The first-order chi connectivity index (χ1) is 7.86. The number of hydrogen-bond donors (Lipinski definition) is 2. The molecule has 3 rings (SSSR count). The van der Waals surface area contributed by atoms with Crippen LogP contribution in [-0.2, 0) is 0 Å². The van der Waals surface area contributed by atoms with Gasteiger partial charge in [-0.15, -0.1) is 0 Å². The maximum absolute atomic E-state index is 11.7.